The fourth-order valence-corrected chi connectivity index (χ4v) is 3.97. The van der Waals surface area contributed by atoms with Crippen LogP contribution in [0.2, 0.25) is 0 Å². The number of rotatable bonds is 5. The fraction of sp³-hybridized carbons (Fsp3) is 0.304. The standard InChI is InChI=1S/C23H24N4O4/c24-22(30)15-11-9-14(10-12-15)13-27-18-7-3-1-5-16(18)21(29)20(26-27)23(31)25-17-6-2-4-8-19(17)28/h1,3,5,7,9-12,17,19,28H,2,4,6,8,13H2,(H2,24,30)(H,25,31)/t17-,19-/m0/s1. The van der Waals surface area contributed by atoms with Gasteiger partial charge < -0.3 is 16.2 Å². The molecular formula is C23H24N4O4. The van der Waals surface area contributed by atoms with Crippen molar-refractivity contribution in [3.8, 4) is 0 Å². The third-order valence-corrected chi connectivity index (χ3v) is 5.69. The van der Waals surface area contributed by atoms with Gasteiger partial charge >= 0.3 is 0 Å². The Kier molecular flexibility index (Phi) is 5.81. The van der Waals surface area contributed by atoms with E-state index in [2.05, 4.69) is 10.4 Å². The molecule has 1 aromatic heterocycles. The van der Waals surface area contributed by atoms with Gasteiger partial charge in [-0.25, -0.2) is 0 Å². The molecule has 0 radical (unpaired) electrons. The average Bonchev–Trinajstić information content (AvgIpc) is 2.77. The molecule has 1 saturated carbocycles. The molecule has 1 heterocycles. The highest BCUT2D eigenvalue weighted by atomic mass is 16.3. The zero-order valence-electron chi connectivity index (χ0n) is 17.0. The van der Waals surface area contributed by atoms with Gasteiger partial charge in [0.25, 0.3) is 5.91 Å². The number of benzene rings is 2. The summed E-state index contributed by atoms with van der Waals surface area (Å²) in [7, 11) is 0. The summed E-state index contributed by atoms with van der Waals surface area (Å²) < 4.78 is 1.60. The van der Waals surface area contributed by atoms with E-state index in [4.69, 9.17) is 5.73 Å². The quantitative estimate of drug-likeness (QED) is 0.577. The first-order valence-corrected chi connectivity index (χ1v) is 10.3. The Labute approximate surface area is 178 Å². The normalized spacial score (nSPS) is 18.6. The van der Waals surface area contributed by atoms with Crippen molar-refractivity contribution in [2.75, 3.05) is 0 Å². The summed E-state index contributed by atoms with van der Waals surface area (Å²) in [5, 5.41) is 17.7. The molecule has 2 amide bonds. The number of carbonyl (C=O) groups is 2. The van der Waals surface area contributed by atoms with Crippen LogP contribution in [0.25, 0.3) is 10.9 Å². The van der Waals surface area contributed by atoms with Gasteiger partial charge in [-0.2, -0.15) is 5.10 Å². The highest BCUT2D eigenvalue weighted by molar-refractivity contribution is 5.95. The van der Waals surface area contributed by atoms with Crippen LogP contribution >= 0.6 is 0 Å². The molecule has 1 aliphatic carbocycles. The number of nitrogens with zero attached hydrogens (tertiary/aromatic N) is 2. The molecule has 0 bridgehead atoms. The second-order valence-corrected chi connectivity index (χ2v) is 7.85. The minimum Gasteiger partial charge on any atom is -0.391 e. The number of aromatic nitrogens is 2. The maximum Gasteiger partial charge on any atom is 0.276 e. The van der Waals surface area contributed by atoms with E-state index in [1.165, 1.54) is 0 Å². The molecule has 0 saturated heterocycles. The highest BCUT2D eigenvalue weighted by Gasteiger charge is 2.27. The molecular weight excluding hydrogens is 396 g/mol. The number of primary amides is 1. The molecule has 0 unspecified atom stereocenters. The topological polar surface area (TPSA) is 127 Å². The predicted molar refractivity (Wildman–Crippen MR) is 116 cm³/mol. The lowest BCUT2D eigenvalue weighted by Gasteiger charge is -2.28. The van der Waals surface area contributed by atoms with Gasteiger partial charge in [-0.15, -0.1) is 0 Å². The number of amides is 2. The van der Waals surface area contributed by atoms with E-state index in [0.29, 0.717) is 35.9 Å². The SMILES string of the molecule is NC(=O)c1ccc(Cn2nc(C(=O)N[C@H]3CCCC[C@@H]3O)c(=O)c3ccccc32)cc1. The lowest BCUT2D eigenvalue weighted by Crippen LogP contribution is -2.46. The number of nitrogens with one attached hydrogen (secondary N) is 1. The lowest BCUT2D eigenvalue weighted by molar-refractivity contribution is 0.0711. The van der Waals surface area contributed by atoms with E-state index in [-0.39, 0.29) is 11.7 Å². The number of carbonyl (C=O) groups excluding carboxylic acids is 2. The molecule has 3 aromatic rings. The summed E-state index contributed by atoms with van der Waals surface area (Å²) in [4.78, 5) is 37.2. The number of fused-ring (bicyclic) bond motifs is 1. The maximum absolute atomic E-state index is 13.0. The summed E-state index contributed by atoms with van der Waals surface area (Å²) in [5.41, 5.74) is 6.47. The second-order valence-electron chi connectivity index (χ2n) is 7.85. The van der Waals surface area contributed by atoms with E-state index >= 15 is 0 Å². The molecule has 2 aromatic carbocycles. The van der Waals surface area contributed by atoms with Gasteiger partial charge in [0, 0.05) is 10.9 Å². The van der Waals surface area contributed by atoms with Crippen molar-refractivity contribution in [2.45, 2.75) is 44.4 Å². The van der Waals surface area contributed by atoms with Crippen molar-refractivity contribution >= 4 is 22.7 Å². The van der Waals surface area contributed by atoms with Crippen LogP contribution in [0.4, 0.5) is 0 Å². The van der Waals surface area contributed by atoms with Crippen molar-refractivity contribution in [1.82, 2.24) is 15.1 Å². The van der Waals surface area contributed by atoms with E-state index in [0.717, 1.165) is 18.4 Å². The van der Waals surface area contributed by atoms with Crippen LogP contribution in [-0.2, 0) is 6.54 Å². The first-order valence-electron chi connectivity index (χ1n) is 10.3. The van der Waals surface area contributed by atoms with Crippen LogP contribution in [-0.4, -0.2) is 38.8 Å². The molecule has 4 N–H and O–H groups in total. The largest absolute Gasteiger partial charge is 0.391 e. The lowest BCUT2D eigenvalue weighted by atomic mass is 9.92. The molecule has 8 heteroatoms. The Morgan fingerprint density at radius 2 is 1.81 bits per heavy atom. The van der Waals surface area contributed by atoms with Crippen molar-refractivity contribution in [3.05, 3.63) is 75.6 Å². The Morgan fingerprint density at radius 3 is 2.52 bits per heavy atom. The van der Waals surface area contributed by atoms with E-state index in [1.807, 2.05) is 0 Å². The molecule has 0 aliphatic heterocycles. The van der Waals surface area contributed by atoms with Gasteiger partial charge in [0.15, 0.2) is 5.69 Å². The summed E-state index contributed by atoms with van der Waals surface area (Å²) in [6, 6.07) is 13.4. The molecule has 31 heavy (non-hydrogen) atoms. The maximum atomic E-state index is 13.0. The molecule has 2 atom stereocenters. The molecule has 1 aliphatic rings. The number of aliphatic hydroxyl groups is 1. The number of para-hydroxylation sites is 1. The van der Waals surface area contributed by atoms with E-state index < -0.39 is 23.3 Å². The predicted octanol–water partition coefficient (Wildman–Crippen LogP) is 1.58. The Balaban J connectivity index is 1.70. The van der Waals surface area contributed by atoms with Crippen molar-refractivity contribution in [1.29, 1.82) is 0 Å². The van der Waals surface area contributed by atoms with Gasteiger partial charge in [-0.3, -0.25) is 19.1 Å². The van der Waals surface area contributed by atoms with Gasteiger partial charge in [0.2, 0.25) is 11.3 Å². The second kappa shape index (κ2) is 8.69. The van der Waals surface area contributed by atoms with Gasteiger partial charge in [0.1, 0.15) is 0 Å². The van der Waals surface area contributed by atoms with Crippen LogP contribution in [0.15, 0.2) is 53.3 Å². The number of hydrogen-bond donors (Lipinski definition) is 3. The minimum absolute atomic E-state index is 0.203. The molecule has 0 spiro atoms. The molecule has 1 fully saturated rings. The Bertz CT molecular complexity index is 1190. The van der Waals surface area contributed by atoms with Gasteiger partial charge in [-0.1, -0.05) is 37.1 Å². The Hall–Kier alpha value is -3.52. The first-order chi connectivity index (χ1) is 14.9. The highest BCUT2D eigenvalue weighted by Crippen LogP contribution is 2.19. The smallest absolute Gasteiger partial charge is 0.276 e. The third kappa shape index (κ3) is 4.34. The summed E-state index contributed by atoms with van der Waals surface area (Å²) in [6.45, 7) is 0.298. The van der Waals surface area contributed by atoms with Crippen LogP contribution in [0.5, 0.6) is 0 Å². The molecule has 8 nitrogen and oxygen atoms in total. The van der Waals surface area contributed by atoms with Crippen molar-refractivity contribution in [2.24, 2.45) is 5.73 Å². The van der Waals surface area contributed by atoms with Gasteiger partial charge in [-0.05, 0) is 42.7 Å². The monoisotopic (exact) mass is 420 g/mol. The van der Waals surface area contributed by atoms with Crippen molar-refractivity contribution < 1.29 is 14.7 Å². The third-order valence-electron chi connectivity index (χ3n) is 5.69. The average molecular weight is 420 g/mol. The Morgan fingerprint density at radius 1 is 1.10 bits per heavy atom. The van der Waals surface area contributed by atoms with Crippen LogP contribution in [0.1, 0.15) is 52.1 Å². The minimum atomic E-state index is -0.621. The number of nitrogens with two attached hydrogens (primary N) is 1. The molecule has 4 rings (SSSR count). The van der Waals surface area contributed by atoms with Crippen molar-refractivity contribution in [3.63, 3.8) is 0 Å². The summed E-state index contributed by atoms with van der Waals surface area (Å²) in [5.74, 6) is -1.10. The van der Waals surface area contributed by atoms with Crippen LogP contribution in [0, 0.1) is 0 Å². The van der Waals surface area contributed by atoms with Crippen LogP contribution in [0.3, 0.4) is 0 Å². The first kappa shape index (κ1) is 20.7. The van der Waals surface area contributed by atoms with E-state index in [1.54, 1.807) is 53.2 Å². The fourth-order valence-electron chi connectivity index (χ4n) is 3.97. The zero-order chi connectivity index (χ0) is 22.0. The zero-order valence-corrected chi connectivity index (χ0v) is 17.0. The number of aliphatic hydroxyl groups excluding tert-OH is 1. The number of hydrogen-bond acceptors (Lipinski definition) is 5. The van der Waals surface area contributed by atoms with E-state index in [9.17, 15) is 19.5 Å². The van der Waals surface area contributed by atoms with Crippen LogP contribution < -0.4 is 16.5 Å². The van der Waals surface area contributed by atoms with Gasteiger partial charge in [0.05, 0.1) is 24.2 Å². The molecule has 160 valence electrons. The summed E-state index contributed by atoms with van der Waals surface area (Å²) in [6.07, 6.45) is 2.51. The summed E-state index contributed by atoms with van der Waals surface area (Å²) >= 11 is 0.